The van der Waals surface area contributed by atoms with Crippen LogP contribution in [0.5, 0.6) is 0 Å². The fraction of sp³-hybridized carbons (Fsp3) is 0.600. The summed E-state index contributed by atoms with van der Waals surface area (Å²) in [6.45, 7) is 9.46. The quantitative estimate of drug-likeness (QED) is 0.431. The molecule has 4 heterocycles. The van der Waals surface area contributed by atoms with Gasteiger partial charge in [0.15, 0.2) is 0 Å². The minimum absolute atomic E-state index is 0.0191. The Bertz CT molecular complexity index is 1110. The number of nitriles is 1. The summed E-state index contributed by atoms with van der Waals surface area (Å²) in [4.78, 5) is 31.0. The van der Waals surface area contributed by atoms with Crippen molar-refractivity contribution in [2.75, 3.05) is 31.1 Å². The van der Waals surface area contributed by atoms with Gasteiger partial charge in [-0.15, -0.1) is 0 Å². The lowest BCUT2D eigenvalue weighted by Gasteiger charge is -2.36. The molecule has 2 unspecified atom stereocenters. The number of thioether (sulfide) groups is 1. The van der Waals surface area contributed by atoms with E-state index >= 15 is 0 Å². The highest BCUT2D eigenvalue weighted by atomic mass is 32.2. The topological polar surface area (TPSA) is 78.6 Å². The smallest absolute Gasteiger partial charge is 0.270 e. The molecule has 0 aliphatic carbocycles. The van der Waals surface area contributed by atoms with Gasteiger partial charge in [-0.1, -0.05) is 37.8 Å². The van der Waals surface area contributed by atoms with E-state index in [-0.39, 0.29) is 23.1 Å². The first-order valence-corrected chi connectivity index (χ1v) is 13.4. The maximum absolute atomic E-state index is 13.3. The van der Waals surface area contributed by atoms with Crippen molar-refractivity contribution in [1.82, 2.24) is 9.47 Å². The molecule has 1 aromatic heterocycles. The highest BCUT2D eigenvalue weighted by molar-refractivity contribution is 8.26. The number of aromatic nitrogens is 1. The van der Waals surface area contributed by atoms with E-state index in [1.54, 1.807) is 9.47 Å². The zero-order chi connectivity index (χ0) is 24.4. The summed E-state index contributed by atoms with van der Waals surface area (Å²) in [6.07, 6.45) is 6.77. The number of hydrogen-bond donors (Lipinski definition) is 0. The lowest BCUT2D eigenvalue weighted by Crippen LogP contribution is -2.40. The Kier molecular flexibility index (Phi) is 7.80. The Morgan fingerprint density at radius 2 is 2.09 bits per heavy atom. The summed E-state index contributed by atoms with van der Waals surface area (Å²) >= 11 is 6.83. The van der Waals surface area contributed by atoms with Crippen LogP contribution in [0.25, 0.3) is 6.08 Å². The van der Waals surface area contributed by atoms with Crippen molar-refractivity contribution in [2.45, 2.75) is 65.5 Å². The zero-order valence-corrected chi connectivity index (χ0v) is 21.8. The van der Waals surface area contributed by atoms with Gasteiger partial charge in [-0.3, -0.25) is 19.1 Å². The number of pyridine rings is 1. The largest absolute Gasteiger partial charge is 0.376 e. The summed E-state index contributed by atoms with van der Waals surface area (Å²) in [6, 6.07) is 2.12. The molecular formula is C25H32N4O3S2. The van der Waals surface area contributed by atoms with Crippen molar-refractivity contribution in [2.24, 2.45) is 5.92 Å². The van der Waals surface area contributed by atoms with Gasteiger partial charge < -0.3 is 9.64 Å². The van der Waals surface area contributed by atoms with Crippen molar-refractivity contribution in [3.8, 4) is 6.07 Å². The molecule has 1 amide bonds. The van der Waals surface area contributed by atoms with Crippen LogP contribution in [0.4, 0.5) is 5.82 Å². The first-order valence-electron chi connectivity index (χ1n) is 12.1. The number of amides is 1. The van der Waals surface area contributed by atoms with Gasteiger partial charge in [0.05, 0.1) is 17.6 Å². The highest BCUT2D eigenvalue weighted by Gasteiger charge is 2.35. The van der Waals surface area contributed by atoms with Gasteiger partial charge in [-0.2, -0.15) is 5.26 Å². The van der Waals surface area contributed by atoms with E-state index in [0.29, 0.717) is 33.8 Å². The number of ether oxygens (including phenoxy) is 1. The maximum atomic E-state index is 13.3. The number of piperidine rings is 1. The van der Waals surface area contributed by atoms with Gasteiger partial charge >= 0.3 is 0 Å². The predicted molar refractivity (Wildman–Crippen MR) is 140 cm³/mol. The summed E-state index contributed by atoms with van der Waals surface area (Å²) in [5.74, 6) is 1.20. The Labute approximate surface area is 210 Å². The molecule has 0 aromatic carbocycles. The van der Waals surface area contributed by atoms with Crippen molar-refractivity contribution in [3.05, 3.63) is 31.9 Å². The Morgan fingerprint density at radius 1 is 1.29 bits per heavy atom. The standard InChI is InChI=1S/C25H32N4O3S2/c1-4-9-28-22(27-10-5-7-16(2)14-27)19(17(3)20(13-26)23(28)30)12-21-24(31)29(25(33)34-21)15-18-8-6-11-32-18/h12,16,18H,4-11,14-15H2,1-3H3. The van der Waals surface area contributed by atoms with Crippen LogP contribution in [0.2, 0.25) is 0 Å². The number of carbonyl (C=O) groups is 1. The summed E-state index contributed by atoms with van der Waals surface area (Å²) in [5.41, 5.74) is 1.29. The molecule has 7 nitrogen and oxygen atoms in total. The minimum atomic E-state index is -0.252. The van der Waals surface area contributed by atoms with Gasteiger partial charge in [-0.05, 0) is 56.6 Å². The van der Waals surface area contributed by atoms with E-state index in [0.717, 1.165) is 63.2 Å². The molecule has 0 saturated carbocycles. The van der Waals surface area contributed by atoms with Crippen molar-refractivity contribution in [3.63, 3.8) is 0 Å². The molecule has 3 saturated heterocycles. The molecule has 0 N–H and O–H groups in total. The molecular weight excluding hydrogens is 468 g/mol. The second-order valence-corrected chi connectivity index (χ2v) is 11.1. The van der Waals surface area contributed by atoms with Gasteiger partial charge in [0, 0.05) is 31.8 Å². The third kappa shape index (κ3) is 4.81. The first-order chi connectivity index (χ1) is 16.3. The van der Waals surface area contributed by atoms with Gasteiger partial charge in [0.1, 0.15) is 21.8 Å². The van der Waals surface area contributed by atoms with E-state index in [9.17, 15) is 14.9 Å². The Balaban J connectivity index is 1.81. The monoisotopic (exact) mass is 500 g/mol. The van der Waals surface area contributed by atoms with E-state index in [2.05, 4.69) is 17.9 Å². The number of rotatable bonds is 6. The lowest BCUT2D eigenvalue weighted by molar-refractivity contribution is -0.123. The molecule has 3 aliphatic heterocycles. The second kappa shape index (κ2) is 10.6. The fourth-order valence-corrected chi connectivity index (χ4v) is 6.33. The molecule has 9 heteroatoms. The van der Waals surface area contributed by atoms with Crippen molar-refractivity contribution < 1.29 is 9.53 Å². The number of hydrogen-bond acceptors (Lipinski definition) is 7. The molecule has 1 aromatic rings. The van der Waals surface area contributed by atoms with Gasteiger partial charge in [-0.25, -0.2) is 0 Å². The second-order valence-electron chi connectivity index (χ2n) is 9.43. The molecule has 0 radical (unpaired) electrons. The Morgan fingerprint density at radius 3 is 2.74 bits per heavy atom. The van der Waals surface area contributed by atoms with Crippen LogP contribution in [0.15, 0.2) is 9.70 Å². The number of carbonyl (C=O) groups excluding carboxylic acids is 1. The van der Waals surface area contributed by atoms with Crippen LogP contribution in [-0.2, 0) is 16.1 Å². The van der Waals surface area contributed by atoms with Gasteiger partial charge in [0.25, 0.3) is 11.5 Å². The average Bonchev–Trinajstić information content (AvgIpc) is 3.41. The van der Waals surface area contributed by atoms with E-state index in [4.69, 9.17) is 17.0 Å². The van der Waals surface area contributed by atoms with Crippen LogP contribution in [-0.4, -0.2) is 52.0 Å². The van der Waals surface area contributed by atoms with Crippen molar-refractivity contribution in [1.29, 1.82) is 5.26 Å². The van der Waals surface area contributed by atoms with E-state index < -0.39 is 0 Å². The fourth-order valence-electron chi connectivity index (χ4n) is 5.08. The number of nitrogens with zero attached hydrogens (tertiary/aromatic N) is 4. The summed E-state index contributed by atoms with van der Waals surface area (Å²) in [5, 5.41) is 9.80. The summed E-state index contributed by atoms with van der Waals surface area (Å²) in [7, 11) is 0. The molecule has 2 atom stereocenters. The average molecular weight is 501 g/mol. The maximum Gasteiger partial charge on any atom is 0.270 e. The minimum Gasteiger partial charge on any atom is -0.376 e. The highest BCUT2D eigenvalue weighted by Crippen LogP contribution is 2.37. The molecule has 4 rings (SSSR count). The molecule has 0 spiro atoms. The van der Waals surface area contributed by atoms with Crippen LogP contribution >= 0.6 is 24.0 Å². The van der Waals surface area contributed by atoms with Crippen LogP contribution in [0.3, 0.4) is 0 Å². The third-order valence-electron chi connectivity index (χ3n) is 6.81. The predicted octanol–water partition coefficient (Wildman–Crippen LogP) is 4.05. The van der Waals surface area contributed by atoms with E-state index in [1.807, 2.05) is 19.9 Å². The molecule has 34 heavy (non-hydrogen) atoms. The molecule has 3 fully saturated rings. The third-order valence-corrected chi connectivity index (χ3v) is 8.19. The lowest BCUT2D eigenvalue weighted by atomic mass is 9.98. The molecule has 3 aliphatic rings. The van der Waals surface area contributed by atoms with Crippen molar-refractivity contribution >= 4 is 46.1 Å². The van der Waals surface area contributed by atoms with Gasteiger partial charge in [0.2, 0.25) is 0 Å². The Hall–Kier alpha value is -2.15. The zero-order valence-electron chi connectivity index (χ0n) is 20.1. The molecule has 0 bridgehead atoms. The number of anilines is 1. The SMILES string of the molecule is CCCn1c(N2CCCC(C)C2)c(C=C2SC(=S)N(CC3CCCO3)C2=O)c(C)c(C#N)c1=O. The first kappa shape index (κ1) is 25.0. The van der Waals surface area contributed by atoms with Crippen LogP contribution < -0.4 is 10.5 Å². The summed E-state index contributed by atoms with van der Waals surface area (Å²) < 4.78 is 7.98. The van der Waals surface area contributed by atoms with Crippen LogP contribution in [0.1, 0.15) is 62.6 Å². The number of thiocarbonyl (C=S) groups is 1. The normalized spacial score (nSPS) is 24.4. The van der Waals surface area contributed by atoms with Crippen LogP contribution in [0, 0.1) is 24.2 Å². The molecule has 182 valence electrons. The van der Waals surface area contributed by atoms with E-state index in [1.165, 1.54) is 11.8 Å².